The Morgan fingerprint density at radius 2 is 1.50 bits per heavy atom. The number of ketones is 1. The van der Waals surface area contributed by atoms with E-state index in [9.17, 15) is 14.4 Å². The average molecular weight is 559 g/mol. The molecular formula is C22H32N2O4Rb2. The zero-order valence-corrected chi connectivity index (χ0v) is 28.9. The summed E-state index contributed by atoms with van der Waals surface area (Å²) in [4.78, 5) is 34.7. The monoisotopic (exact) mass is 558 g/mol. The first kappa shape index (κ1) is 33.4. The van der Waals surface area contributed by atoms with E-state index in [-0.39, 0.29) is 134 Å². The Balaban J connectivity index is 0. The number of para-hydroxylation sites is 1. The Kier molecular flexibility index (Phi) is 24.6. The van der Waals surface area contributed by atoms with E-state index in [1.807, 2.05) is 32.0 Å². The van der Waals surface area contributed by atoms with Crippen molar-refractivity contribution in [1.29, 1.82) is 0 Å². The summed E-state index contributed by atoms with van der Waals surface area (Å²) >= 11 is 0. The molecule has 6 nitrogen and oxygen atoms in total. The van der Waals surface area contributed by atoms with Crippen LogP contribution in [0.2, 0.25) is 0 Å². The summed E-state index contributed by atoms with van der Waals surface area (Å²) in [6.45, 7) is 4.56. The number of hydrogen-bond acceptors (Lipinski definition) is 4. The number of ether oxygens (including phenoxy) is 1. The number of nitrogens with zero attached hydrogens (tertiary/aromatic N) is 2. The molecule has 8 heteroatoms. The Morgan fingerprint density at radius 1 is 0.867 bits per heavy atom. The van der Waals surface area contributed by atoms with Crippen molar-refractivity contribution >= 4 is 23.5 Å². The zero-order valence-electron chi connectivity index (χ0n) is 19.1. The summed E-state index contributed by atoms with van der Waals surface area (Å²) in [5.74, 6) is 0.244. The van der Waals surface area contributed by atoms with Gasteiger partial charge in [0.25, 0.3) is 0 Å². The van der Waals surface area contributed by atoms with Gasteiger partial charge in [0.1, 0.15) is 5.78 Å². The number of rotatable bonds is 14. The molecule has 0 saturated heterocycles. The van der Waals surface area contributed by atoms with Gasteiger partial charge >= 0.3 is 116 Å². The van der Waals surface area contributed by atoms with Crippen LogP contribution < -0.4 is 116 Å². The second-order valence-electron chi connectivity index (χ2n) is 7.08. The first-order chi connectivity index (χ1) is 13.5. The normalized spacial score (nSPS) is 9.83. The van der Waals surface area contributed by atoms with Crippen molar-refractivity contribution in [3.63, 3.8) is 0 Å². The predicted octanol–water partition coefficient (Wildman–Crippen LogP) is 0.0826. The maximum absolute atomic E-state index is 11.7. The van der Waals surface area contributed by atoms with Crippen LogP contribution in [0.5, 0.6) is 0 Å². The van der Waals surface area contributed by atoms with E-state index in [0.29, 0.717) is 31.7 Å². The second kappa shape index (κ2) is 22.1. The second-order valence-corrected chi connectivity index (χ2v) is 7.08. The molecule has 0 fully saturated rings. The van der Waals surface area contributed by atoms with Crippen molar-refractivity contribution in [2.75, 3.05) is 13.2 Å². The van der Waals surface area contributed by atoms with Gasteiger partial charge in [-0.3, -0.25) is 9.59 Å². The molecule has 0 bridgehead atoms. The number of benzene rings is 1. The number of amides is 2. The fourth-order valence-corrected chi connectivity index (χ4v) is 2.51. The molecule has 0 unspecified atom stereocenters. The smallest absolute Gasteiger partial charge is 0.627 e. The number of unbranched alkanes of at least 4 members (excludes halogenated alkanes) is 4. The maximum atomic E-state index is 11.7. The van der Waals surface area contributed by atoms with Crippen molar-refractivity contribution in [1.82, 2.24) is 0 Å². The van der Waals surface area contributed by atoms with Gasteiger partial charge in [0, 0.05) is 12.3 Å². The van der Waals surface area contributed by atoms with E-state index in [0.717, 1.165) is 38.5 Å². The molecule has 0 heterocycles. The van der Waals surface area contributed by atoms with Gasteiger partial charge in [-0.15, -0.1) is 12.2 Å². The molecule has 0 aromatic heterocycles. The van der Waals surface area contributed by atoms with Crippen LogP contribution in [-0.2, 0) is 14.3 Å². The van der Waals surface area contributed by atoms with Gasteiger partial charge in [-0.25, -0.2) is 0 Å². The summed E-state index contributed by atoms with van der Waals surface area (Å²) in [7, 11) is 0. The van der Waals surface area contributed by atoms with Crippen molar-refractivity contribution in [3.8, 4) is 0 Å². The van der Waals surface area contributed by atoms with Crippen LogP contribution in [0, 0.1) is 5.92 Å². The molecule has 0 N–H and O–H groups in total. The Labute approximate surface area is 279 Å². The molecule has 0 saturated carbocycles. The first-order valence-electron chi connectivity index (χ1n) is 10.2. The topological polar surface area (TPSA) is 88.6 Å². The molecule has 1 aromatic carbocycles. The fourth-order valence-electron chi connectivity index (χ4n) is 2.51. The largest absolute Gasteiger partial charge is 1.00 e. The molecular weight excluding hydrogens is 527 g/mol. The molecule has 1 aromatic rings. The summed E-state index contributed by atoms with van der Waals surface area (Å²) in [5.41, 5.74) is 0.678. The first-order valence-corrected chi connectivity index (χ1v) is 10.2. The van der Waals surface area contributed by atoms with Crippen molar-refractivity contribution in [2.24, 2.45) is 5.92 Å². The van der Waals surface area contributed by atoms with Gasteiger partial charge in [-0.1, -0.05) is 57.0 Å². The van der Waals surface area contributed by atoms with Crippen LogP contribution in [-0.4, -0.2) is 30.9 Å². The average Bonchev–Trinajstić information content (AvgIpc) is 2.67. The van der Waals surface area contributed by atoms with E-state index in [4.69, 9.17) is 4.74 Å². The third-order valence-electron chi connectivity index (χ3n) is 4.24. The van der Waals surface area contributed by atoms with Crippen molar-refractivity contribution in [2.45, 2.75) is 65.2 Å². The minimum atomic E-state index is -0.534. The standard InChI is InChI=1S/C22H34N2O4.2Rb/c1-18(2)20(25)14-8-5-11-17-28-22(27)23-16-10-4-9-15-21(26)24-19-12-6-3-7-13-19;;/h3,6-7,12-13,18H,4-5,8-11,14-17H2,1-2H3,(H2,23,24,26,27);;/q;2*+1/p-2. The molecule has 156 valence electrons. The molecule has 30 heavy (non-hydrogen) atoms. The SMILES string of the molecule is CC(C)C(=O)CCCCCOC(=O)[N-]CCCCCC(=O)[N-]c1ccccc1.[Rb+].[Rb+]. The van der Waals surface area contributed by atoms with Crippen LogP contribution in [0.1, 0.15) is 65.2 Å². The van der Waals surface area contributed by atoms with E-state index in [1.165, 1.54) is 0 Å². The summed E-state index contributed by atoms with van der Waals surface area (Å²) in [5, 5.41) is 7.88. The maximum Gasteiger partial charge on any atom is 1.00 e. The van der Waals surface area contributed by atoms with E-state index < -0.39 is 6.09 Å². The Hall–Kier alpha value is 1.24. The van der Waals surface area contributed by atoms with E-state index in [2.05, 4.69) is 10.6 Å². The molecule has 0 aliphatic heterocycles. The minimum absolute atomic E-state index is 0. The van der Waals surface area contributed by atoms with Gasteiger partial charge < -0.3 is 20.2 Å². The summed E-state index contributed by atoms with van der Waals surface area (Å²) in [6, 6.07) is 9.18. The molecule has 0 aliphatic carbocycles. The third kappa shape index (κ3) is 18.8. The molecule has 2 amide bonds. The van der Waals surface area contributed by atoms with Gasteiger partial charge in [-0.05, 0) is 32.1 Å². The zero-order chi connectivity index (χ0) is 20.6. The number of Topliss-reactive ketones (excluding diaryl/α,β-unsaturated/α-hetero) is 1. The minimum Gasteiger partial charge on any atom is -0.627 e. The van der Waals surface area contributed by atoms with Crippen LogP contribution >= 0.6 is 0 Å². The van der Waals surface area contributed by atoms with Gasteiger partial charge in [0.2, 0.25) is 6.09 Å². The fraction of sp³-hybridized carbons (Fsp3) is 0.591. The van der Waals surface area contributed by atoms with Crippen molar-refractivity contribution in [3.05, 3.63) is 41.0 Å². The Morgan fingerprint density at radius 3 is 2.17 bits per heavy atom. The number of hydrogen-bond donors (Lipinski definition) is 0. The van der Waals surface area contributed by atoms with Gasteiger partial charge in [0.15, 0.2) is 0 Å². The molecule has 0 radical (unpaired) electrons. The molecule has 0 aliphatic rings. The molecule has 0 atom stereocenters. The van der Waals surface area contributed by atoms with Crippen LogP contribution in [0.15, 0.2) is 30.3 Å². The predicted molar refractivity (Wildman–Crippen MR) is 111 cm³/mol. The quantitative estimate of drug-likeness (QED) is 0.302. The van der Waals surface area contributed by atoms with Gasteiger partial charge in [-0.2, -0.15) is 0 Å². The van der Waals surface area contributed by atoms with Crippen LogP contribution in [0.25, 0.3) is 10.6 Å². The third-order valence-corrected chi connectivity index (χ3v) is 4.24. The van der Waals surface area contributed by atoms with Crippen LogP contribution in [0.3, 0.4) is 0 Å². The number of carbonyl (C=O) groups is 3. The van der Waals surface area contributed by atoms with Crippen molar-refractivity contribution < 1.29 is 135 Å². The summed E-state index contributed by atoms with van der Waals surface area (Å²) < 4.78 is 5.05. The Bertz CT molecular complexity index is 598. The van der Waals surface area contributed by atoms with Gasteiger partial charge in [0.05, 0.1) is 12.5 Å². The molecule has 0 spiro atoms. The van der Waals surface area contributed by atoms with Crippen LogP contribution in [0.4, 0.5) is 10.5 Å². The van der Waals surface area contributed by atoms with E-state index >= 15 is 0 Å². The number of carbonyl (C=O) groups excluding carboxylic acids is 3. The van der Waals surface area contributed by atoms with E-state index in [1.54, 1.807) is 12.1 Å². The molecule has 1 rings (SSSR count). The summed E-state index contributed by atoms with van der Waals surface area (Å²) in [6.07, 6.45) is 5.20.